The van der Waals surface area contributed by atoms with Gasteiger partial charge in [0.15, 0.2) is 5.78 Å². The van der Waals surface area contributed by atoms with Crippen LogP contribution in [0.25, 0.3) is 16.7 Å². The Balaban J connectivity index is 1.75. The van der Waals surface area contributed by atoms with E-state index >= 15 is 0 Å². The number of fused-ring (bicyclic) bond motifs is 1. The summed E-state index contributed by atoms with van der Waals surface area (Å²) in [7, 11) is 0. The fraction of sp³-hybridized carbons (Fsp3) is 0.310. The summed E-state index contributed by atoms with van der Waals surface area (Å²) in [5.41, 5.74) is 6.18. The molecular formula is C29H32N2O. The first-order valence-corrected chi connectivity index (χ1v) is 11.7. The molecule has 0 aliphatic heterocycles. The maximum absolute atomic E-state index is 13.7. The van der Waals surface area contributed by atoms with Gasteiger partial charge >= 0.3 is 0 Å². The second-order valence-corrected chi connectivity index (χ2v) is 8.77. The van der Waals surface area contributed by atoms with Crippen molar-refractivity contribution in [3.05, 3.63) is 95.3 Å². The van der Waals surface area contributed by atoms with Crippen LogP contribution in [0.5, 0.6) is 0 Å². The molecule has 1 unspecified atom stereocenters. The predicted octanol–water partition coefficient (Wildman–Crippen LogP) is 7.26. The van der Waals surface area contributed by atoms with E-state index in [2.05, 4.69) is 54.8 Å². The van der Waals surface area contributed by atoms with E-state index in [0.717, 1.165) is 64.9 Å². The van der Waals surface area contributed by atoms with Crippen molar-refractivity contribution >= 4 is 16.8 Å². The molecule has 0 saturated carbocycles. The van der Waals surface area contributed by atoms with E-state index in [4.69, 9.17) is 4.98 Å². The summed E-state index contributed by atoms with van der Waals surface area (Å²) < 4.78 is 2.22. The van der Waals surface area contributed by atoms with Crippen molar-refractivity contribution in [3.8, 4) is 5.69 Å². The molecule has 0 N–H and O–H groups in total. The van der Waals surface area contributed by atoms with Crippen molar-refractivity contribution in [3.63, 3.8) is 0 Å². The molecule has 164 valence electrons. The van der Waals surface area contributed by atoms with E-state index in [9.17, 15) is 4.79 Å². The topological polar surface area (TPSA) is 34.9 Å². The highest BCUT2D eigenvalue weighted by Crippen LogP contribution is 2.27. The number of ketones is 1. The first kappa shape index (κ1) is 22.0. The molecule has 0 amide bonds. The molecule has 3 heteroatoms. The maximum Gasteiger partial charge on any atom is 0.166 e. The second-order valence-electron chi connectivity index (χ2n) is 8.77. The molecular weight excluding hydrogens is 392 g/mol. The van der Waals surface area contributed by atoms with E-state index in [0.29, 0.717) is 6.42 Å². The van der Waals surface area contributed by atoms with E-state index in [1.54, 1.807) is 0 Å². The Kier molecular flexibility index (Phi) is 6.84. The highest BCUT2D eigenvalue weighted by atomic mass is 16.1. The number of hydrogen-bond donors (Lipinski definition) is 0. The van der Waals surface area contributed by atoms with Gasteiger partial charge in [0.05, 0.1) is 11.0 Å². The number of Topliss-reactive ketones (excluding diaryl/α,β-unsaturated/α-hetero) is 1. The zero-order valence-corrected chi connectivity index (χ0v) is 19.3. The van der Waals surface area contributed by atoms with Gasteiger partial charge in [0.1, 0.15) is 5.82 Å². The number of aromatic nitrogens is 2. The lowest BCUT2D eigenvalue weighted by Gasteiger charge is -2.18. The monoisotopic (exact) mass is 424 g/mol. The lowest BCUT2D eigenvalue weighted by molar-refractivity contribution is 0.0908. The summed E-state index contributed by atoms with van der Waals surface area (Å²) in [4.78, 5) is 18.7. The minimum atomic E-state index is -0.0821. The fourth-order valence-electron chi connectivity index (χ4n) is 4.49. The largest absolute Gasteiger partial charge is 0.296 e. The van der Waals surface area contributed by atoms with Crippen molar-refractivity contribution in [2.45, 2.75) is 52.9 Å². The summed E-state index contributed by atoms with van der Waals surface area (Å²) in [6, 6.07) is 24.8. The maximum atomic E-state index is 13.7. The molecule has 1 heterocycles. The van der Waals surface area contributed by atoms with E-state index in [1.165, 1.54) is 0 Å². The number of benzene rings is 3. The molecule has 32 heavy (non-hydrogen) atoms. The first-order valence-electron chi connectivity index (χ1n) is 11.7. The van der Waals surface area contributed by atoms with Crippen molar-refractivity contribution < 1.29 is 4.79 Å². The average molecular weight is 425 g/mol. The van der Waals surface area contributed by atoms with Crippen LogP contribution in [0.3, 0.4) is 0 Å². The second kappa shape index (κ2) is 9.95. The third-order valence-electron chi connectivity index (χ3n) is 6.26. The van der Waals surface area contributed by atoms with Crippen LogP contribution in [-0.4, -0.2) is 15.3 Å². The Labute approximate surface area is 191 Å². The smallest absolute Gasteiger partial charge is 0.166 e. The molecule has 1 aromatic heterocycles. The normalized spacial score (nSPS) is 12.2. The molecule has 0 aliphatic carbocycles. The molecule has 0 aliphatic rings. The standard InChI is InChI=1S/C29H32N2O/c1-4-5-7-12-23(29(32)25-19-21(2)17-18-22(25)3)20-28-30-26-15-10-11-16-27(26)31(28)24-13-8-6-9-14-24/h6,8-11,13-19,23H,4-5,7,12,20H2,1-3H3. The van der Waals surface area contributed by atoms with Crippen LogP contribution in [0.4, 0.5) is 0 Å². The minimum absolute atomic E-state index is 0.0821. The van der Waals surface area contributed by atoms with Crippen molar-refractivity contribution in [1.29, 1.82) is 0 Å². The molecule has 0 radical (unpaired) electrons. The van der Waals surface area contributed by atoms with E-state index in [1.807, 2.05) is 43.3 Å². The highest BCUT2D eigenvalue weighted by molar-refractivity contribution is 5.99. The third kappa shape index (κ3) is 4.67. The van der Waals surface area contributed by atoms with Gasteiger partial charge in [-0.25, -0.2) is 4.98 Å². The van der Waals surface area contributed by atoms with Gasteiger partial charge in [0.2, 0.25) is 0 Å². The summed E-state index contributed by atoms with van der Waals surface area (Å²) in [5.74, 6) is 1.12. The number of para-hydroxylation sites is 3. The SMILES string of the molecule is CCCCCC(Cc1nc2ccccc2n1-c1ccccc1)C(=O)c1cc(C)ccc1C. The lowest BCUT2D eigenvalue weighted by atomic mass is 9.87. The molecule has 3 nitrogen and oxygen atoms in total. The van der Waals surface area contributed by atoms with Gasteiger partial charge in [-0.2, -0.15) is 0 Å². The van der Waals surface area contributed by atoms with Crippen LogP contribution in [-0.2, 0) is 6.42 Å². The highest BCUT2D eigenvalue weighted by Gasteiger charge is 2.25. The predicted molar refractivity (Wildman–Crippen MR) is 133 cm³/mol. The van der Waals surface area contributed by atoms with Crippen LogP contribution < -0.4 is 0 Å². The summed E-state index contributed by atoms with van der Waals surface area (Å²) in [6.07, 6.45) is 4.87. The van der Waals surface area contributed by atoms with Gasteiger partial charge in [-0.3, -0.25) is 9.36 Å². The fourth-order valence-corrected chi connectivity index (χ4v) is 4.49. The van der Waals surface area contributed by atoms with Gasteiger partial charge in [-0.15, -0.1) is 0 Å². The quantitative estimate of drug-likeness (QED) is 0.209. The summed E-state index contributed by atoms with van der Waals surface area (Å²) in [6.45, 7) is 6.29. The Morgan fingerprint density at radius 3 is 2.47 bits per heavy atom. The summed E-state index contributed by atoms with van der Waals surface area (Å²) >= 11 is 0. The van der Waals surface area contributed by atoms with Crippen LogP contribution in [0.15, 0.2) is 72.8 Å². The molecule has 4 aromatic rings. The molecule has 0 saturated heterocycles. The molecule has 3 aromatic carbocycles. The van der Waals surface area contributed by atoms with Gasteiger partial charge < -0.3 is 0 Å². The van der Waals surface area contributed by atoms with Gasteiger partial charge in [-0.1, -0.05) is 74.2 Å². The van der Waals surface area contributed by atoms with Gasteiger partial charge in [-0.05, 0) is 56.2 Å². The molecule has 0 bridgehead atoms. The average Bonchev–Trinajstić information content (AvgIpc) is 3.18. The van der Waals surface area contributed by atoms with Crippen LogP contribution in [0.2, 0.25) is 0 Å². The molecule has 0 spiro atoms. The lowest BCUT2D eigenvalue weighted by Crippen LogP contribution is -2.21. The molecule has 1 atom stereocenters. The van der Waals surface area contributed by atoms with E-state index in [-0.39, 0.29) is 11.7 Å². The van der Waals surface area contributed by atoms with Crippen molar-refractivity contribution in [2.24, 2.45) is 5.92 Å². The molecule has 0 fully saturated rings. The Morgan fingerprint density at radius 1 is 0.938 bits per heavy atom. The Hall–Kier alpha value is -3.20. The zero-order chi connectivity index (χ0) is 22.5. The van der Waals surface area contributed by atoms with Crippen LogP contribution in [0, 0.1) is 19.8 Å². The zero-order valence-electron chi connectivity index (χ0n) is 19.3. The minimum Gasteiger partial charge on any atom is -0.296 e. The van der Waals surface area contributed by atoms with Gasteiger partial charge in [0, 0.05) is 23.6 Å². The number of nitrogens with zero attached hydrogens (tertiary/aromatic N) is 2. The number of carbonyl (C=O) groups excluding carboxylic acids is 1. The third-order valence-corrected chi connectivity index (χ3v) is 6.26. The number of hydrogen-bond acceptors (Lipinski definition) is 2. The number of rotatable bonds is 9. The first-order chi connectivity index (χ1) is 15.6. The van der Waals surface area contributed by atoms with E-state index < -0.39 is 0 Å². The number of imidazole rings is 1. The summed E-state index contributed by atoms with van der Waals surface area (Å²) in [5, 5.41) is 0. The van der Waals surface area contributed by atoms with Crippen molar-refractivity contribution in [2.75, 3.05) is 0 Å². The van der Waals surface area contributed by atoms with Crippen molar-refractivity contribution in [1.82, 2.24) is 9.55 Å². The van der Waals surface area contributed by atoms with Crippen LogP contribution in [0.1, 0.15) is 59.9 Å². The Bertz CT molecular complexity index is 1210. The number of carbonyl (C=O) groups is 1. The Morgan fingerprint density at radius 2 is 1.69 bits per heavy atom. The van der Waals surface area contributed by atoms with Crippen LogP contribution >= 0.6 is 0 Å². The number of aryl methyl sites for hydroxylation is 2. The molecule has 4 rings (SSSR count). The number of unbranched alkanes of at least 4 members (excludes halogenated alkanes) is 2. The van der Waals surface area contributed by atoms with Gasteiger partial charge in [0.25, 0.3) is 0 Å².